The average molecular weight is 198 g/mol. The molecule has 0 bridgehead atoms. The van der Waals surface area contributed by atoms with E-state index in [0.717, 1.165) is 5.03 Å². The van der Waals surface area contributed by atoms with Crippen molar-refractivity contribution in [2.45, 2.75) is 20.8 Å². The molecule has 13 heavy (non-hydrogen) atoms. The molecule has 1 aliphatic rings. The summed E-state index contributed by atoms with van der Waals surface area (Å²) in [5, 5.41) is 0.721. The molecule has 0 spiro atoms. The summed E-state index contributed by atoms with van der Waals surface area (Å²) in [4.78, 5) is 0. The molecular weight excluding hydrogens is 182 g/mol. The second-order valence-electron chi connectivity index (χ2n) is 4.03. The lowest BCUT2D eigenvalue weighted by atomic mass is 9.79. The van der Waals surface area contributed by atoms with E-state index in [4.69, 9.17) is 17.3 Å². The predicted octanol–water partition coefficient (Wildman–Crippen LogP) is 3.18. The number of nitrogens with two attached hydrogens (primary N) is 1. The first-order valence-corrected chi connectivity index (χ1v) is 4.86. The molecule has 0 saturated carbocycles. The van der Waals surface area contributed by atoms with Gasteiger partial charge in [0.2, 0.25) is 0 Å². The number of allylic oxidation sites excluding steroid dienone is 5. The fraction of sp³-hybridized carbons (Fsp3) is 0.455. The summed E-state index contributed by atoms with van der Waals surface area (Å²) in [6, 6.07) is 0. The normalized spacial score (nSPS) is 28.4. The molecule has 0 aromatic rings. The van der Waals surface area contributed by atoms with Crippen molar-refractivity contribution >= 4 is 11.6 Å². The van der Waals surface area contributed by atoms with Crippen molar-refractivity contribution in [2.24, 2.45) is 17.1 Å². The zero-order valence-electron chi connectivity index (χ0n) is 8.34. The maximum absolute atomic E-state index is 6.01. The Morgan fingerprint density at radius 2 is 2.08 bits per heavy atom. The Labute approximate surface area is 85.0 Å². The van der Waals surface area contributed by atoms with E-state index in [0.29, 0.717) is 11.6 Å². The van der Waals surface area contributed by atoms with Gasteiger partial charge in [0, 0.05) is 16.1 Å². The van der Waals surface area contributed by atoms with Gasteiger partial charge in [0.05, 0.1) is 0 Å². The van der Waals surface area contributed by atoms with E-state index in [9.17, 15) is 0 Å². The molecule has 1 unspecified atom stereocenters. The van der Waals surface area contributed by atoms with Crippen LogP contribution in [0.4, 0.5) is 0 Å². The van der Waals surface area contributed by atoms with Gasteiger partial charge in [0.1, 0.15) is 0 Å². The minimum Gasteiger partial charge on any atom is -0.399 e. The second-order valence-corrected chi connectivity index (χ2v) is 4.46. The van der Waals surface area contributed by atoms with Crippen molar-refractivity contribution in [2.75, 3.05) is 0 Å². The van der Waals surface area contributed by atoms with Crippen molar-refractivity contribution in [3.63, 3.8) is 0 Å². The first-order valence-electron chi connectivity index (χ1n) is 4.49. The molecular formula is C11H16ClN. The Morgan fingerprint density at radius 3 is 2.62 bits per heavy atom. The van der Waals surface area contributed by atoms with Gasteiger partial charge in [0.25, 0.3) is 0 Å². The SMILES string of the molecule is CC(C)C1(C)C=CC(N)=CC(Cl)=C1. The summed E-state index contributed by atoms with van der Waals surface area (Å²) in [6.07, 6.45) is 7.87. The first-order chi connectivity index (χ1) is 5.94. The second kappa shape index (κ2) is 3.59. The Bertz CT molecular complexity index is 286. The number of halogens is 1. The van der Waals surface area contributed by atoms with Crippen molar-refractivity contribution in [1.29, 1.82) is 0 Å². The van der Waals surface area contributed by atoms with Crippen LogP contribution in [0, 0.1) is 11.3 Å². The van der Waals surface area contributed by atoms with Gasteiger partial charge in [-0.1, -0.05) is 44.5 Å². The highest BCUT2D eigenvalue weighted by Crippen LogP contribution is 2.34. The van der Waals surface area contributed by atoms with Gasteiger partial charge in [-0.25, -0.2) is 0 Å². The van der Waals surface area contributed by atoms with Crippen LogP contribution in [0.25, 0.3) is 0 Å². The molecule has 2 N–H and O–H groups in total. The molecule has 1 atom stereocenters. The van der Waals surface area contributed by atoms with E-state index < -0.39 is 0 Å². The molecule has 2 heteroatoms. The number of hydrogen-bond acceptors (Lipinski definition) is 1. The molecule has 0 saturated heterocycles. The van der Waals surface area contributed by atoms with E-state index in [1.165, 1.54) is 0 Å². The lowest BCUT2D eigenvalue weighted by molar-refractivity contribution is 0.383. The summed E-state index contributed by atoms with van der Waals surface area (Å²) in [5.41, 5.74) is 6.42. The fourth-order valence-corrected chi connectivity index (χ4v) is 1.59. The molecule has 0 aliphatic heterocycles. The highest BCUT2D eigenvalue weighted by Gasteiger charge is 2.23. The van der Waals surface area contributed by atoms with Crippen LogP contribution in [0.5, 0.6) is 0 Å². The third-order valence-electron chi connectivity index (χ3n) is 2.63. The summed E-state index contributed by atoms with van der Waals surface area (Å²) >= 11 is 6.01. The molecule has 0 fully saturated rings. The Hall–Kier alpha value is -0.690. The van der Waals surface area contributed by atoms with Gasteiger partial charge in [-0.15, -0.1) is 0 Å². The largest absolute Gasteiger partial charge is 0.399 e. The quantitative estimate of drug-likeness (QED) is 0.687. The molecule has 0 aromatic heterocycles. The molecule has 0 aromatic carbocycles. The van der Waals surface area contributed by atoms with E-state index in [1.54, 1.807) is 6.08 Å². The highest BCUT2D eigenvalue weighted by molar-refractivity contribution is 6.31. The molecule has 1 nitrogen and oxygen atoms in total. The van der Waals surface area contributed by atoms with Crippen molar-refractivity contribution in [1.82, 2.24) is 0 Å². The molecule has 0 amide bonds. The zero-order valence-corrected chi connectivity index (χ0v) is 9.10. The molecule has 0 radical (unpaired) electrons. The van der Waals surface area contributed by atoms with Gasteiger partial charge in [-0.2, -0.15) is 0 Å². The molecule has 0 heterocycles. The lowest BCUT2D eigenvalue weighted by Gasteiger charge is -2.26. The summed E-state index contributed by atoms with van der Waals surface area (Å²) in [6.45, 7) is 6.50. The predicted molar refractivity (Wildman–Crippen MR) is 58.3 cm³/mol. The Kier molecular flexibility index (Phi) is 2.87. The van der Waals surface area contributed by atoms with Gasteiger partial charge < -0.3 is 5.73 Å². The Balaban J connectivity index is 3.07. The highest BCUT2D eigenvalue weighted by atomic mass is 35.5. The third-order valence-corrected chi connectivity index (χ3v) is 2.85. The summed E-state index contributed by atoms with van der Waals surface area (Å²) in [7, 11) is 0. The van der Waals surface area contributed by atoms with Gasteiger partial charge in [-0.05, 0) is 18.1 Å². The van der Waals surface area contributed by atoms with Crippen molar-refractivity contribution < 1.29 is 0 Å². The maximum atomic E-state index is 6.01. The topological polar surface area (TPSA) is 26.0 Å². The van der Waals surface area contributed by atoms with Crippen LogP contribution in [0.2, 0.25) is 0 Å². The van der Waals surface area contributed by atoms with Crippen LogP contribution >= 0.6 is 11.6 Å². The number of rotatable bonds is 1. The van der Waals surface area contributed by atoms with E-state index in [2.05, 4.69) is 32.9 Å². The van der Waals surface area contributed by atoms with E-state index in [1.807, 2.05) is 6.08 Å². The van der Waals surface area contributed by atoms with Crippen molar-refractivity contribution in [3.8, 4) is 0 Å². The standard InChI is InChI=1S/C11H16ClN/c1-8(2)11(3)5-4-10(13)6-9(12)7-11/h4-8H,13H2,1-3H3. The minimum atomic E-state index is 0.00863. The van der Waals surface area contributed by atoms with Crippen molar-refractivity contribution in [3.05, 3.63) is 35.0 Å². The van der Waals surface area contributed by atoms with Crippen LogP contribution in [-0.2, 0) is 0 Å². The van der Waals surface area contributed by atoms with E-state index in [-0.39, 0.29) is 5.41 Å². The van der Waals surface area contributed by atoms with Gasteiger partial charge in [-0.3, -0.25) is 0 Å². The molecule has 1 rings (SSSR count). The van der Waals surface area contributed by atoms with Crippen LogP contribution in [-0.4, -0.2) is 0 Å². The average Bonchev–Trinajstić information content (AvgIpc) is 2.11. The smallest absolute Gasteiger partial charge is 0.0395 e. The monoisotopic (exact) mass is 197 g/mol. The zero-order chi connectivity index (χ0) is 10.1. The molecule has 1 aliphatic carbocycles. The van der Waals surface area contributed by atoms with E-state index >= 15 is 0 Å². The van der Waals surface area contributed by atoms with Crippen LogP contribution < -0.4 is 5.73 Å². The van der Waals surface area contributed by atoms with Crippen LogP contribution in [0.15, 0.2) is 35.0 Å². The lowest BCUT2D eigenvalue weighted by Crippen LogP contribution is -2.17. The van der Waals surface area contributed by atoms with Gasteiger partial charge >= 0.3 is 0 Å². The third kappa shape index (κ3) is 2.38. The van der Waals surface area contributed by atoms with Crippen LogP contribution in [0.1, 0.15) is 20.8 Å². The summed E-state index contributed by atoms with van der Waals surface area (Å²) < 4.78 is 0. The molecule has 72 valence electrons. The van der Waals surface area contributed by atoms with Gasteiger partial charge in [0.15, 0.2) is 0 Å². The fourth-order valence-electron chi connectivity index (χ4n) is 1.23. The first kappa shape index (κ1) is 10.4. The maximum Gasteiger partial charge on any atom is 0.0395 e. The Morgan fingerprint density at radius 1 is 1.46 bits per heavy atom. The summed E-state index contributed by atoms with van der Waals surface area (Å²) in [5.74, 6) is 0.511. The number of hydrogen-bond donors (Lipinski definition) is 1. The minimum absolute atomic E-state index is 0.00863. The van der Waals surface area contributed by atoms with Crippen LogP contribution in [0.3, 0.4) is 0 Å².